The van der Waals surface area contributed by atoms with Crippen LogP contribution in [0.15, 0.2) is 6.20 Å². The fourth-order valence-corrected chi connectivity index (χ4v) is 1.62. The monoisotopic (exact) mass is 178 g/mol. The molecule has 2 heterocycles. The molecule has 0 bridgehead atoms. The van der Waals surface area contributed by atoms with Crippen molar-refractivity contribution in [3.05, 3.63) is 23.0 Å². The van der Waals surface area contributed by atoms with Crippen LogP contribution >= 0.6 is 0 Å². The number of hydrogen-bond acceptors (Lipinski definition) is 2. The molecule has 1 aliphatic rings. The zero-order valence-electron chi connectivity index (χ0n) is 8.94. The Hall–Kier alpha value is -1.05. The zero-order valence-corrected chi connectivity index (χ0v) is 8.94. The summed E-state index contributed by atoms with van der Waals surface area (Å²) in [5, 5.41) is 3.35. The molecule has 1 N–H and O–H groups in total. The molecular formula is C11H18N2. The maximum atomic E-state index is 4.29. The molecule has 0 saturated heterocycles. The highest BCUT2D eigenvalue weighted by Gasteiger charge is 2.14. The molecule has 13 heavy (non-hydrogen) atoms. The minimum absolute atomic E-state index is 1.07. The normalized spacial score (nSPS) is 12.6. The summed E-state index contributed by atoms with van der Waals surface area (Å²) < 4.78 is 0. The first-order chi connectivity index (χ1) is 6.29. The average molecular weight is 178 g/mol. The highest BCUT2D eigenvalue weighted by molar-refractivity contribution is 5.60. The van der Waals surface area contributed by atoms with E-state index in [1.165, 1.54) is 16.8 Å². The van der Waals surface area contributed by atoms with E-state index >= 15 is 0 Å². The summed E-state index contributed by atoms with van der Waals surface area (Å²) in [6.45, 7) is 9.25. The molecule has 0 unspecified atom stereocenters. The van der Waals surface area contributed by atoms with Crippen LogP contribution in [0, 0.1) is 13.8 Å². The van der Waals surface area contributed by atoms with Gasteiger partial charge in [0, 0.05) is 12.7 Å². The van der Waals surface area contributed by atoms with Crippen molar-refractivity contribution in [2.75, 3.05) is 11.9 Å². The highest BCUT2D eigenvalue weighted by Crippen LogP contribution is 2.26. The van der Waals surface area contributed by atoms with Crippen LogP contribution in [0.4, 0.5) is 5.69 Å². The van der Waals surface area contributed by atoms with Crippen molar-refractivity contribution in [2.24, 2.45) is 0 Å². The van der Waals surface area contributed by atoms with Crippen molar-refractivity contribution in [1.82, 2.24) is 4.98 Å². The number of anilines is 1. The third kappa shape index (κ3) is 1.82. The van der Waals surface area contributed by atoms with Gasteiger partial charge >= 0.3 is 0 Å². The minimum Gasteiger partial charge on any atom is -0.383 e. The molecular weight excluding hydrogens is 160 g/mol. The van der Waals surface area contributed by atoms with Crippen LogP contribution in [-0.2, 0) is 6.42 Å². The fourth-order valence-electron chi connectivity index (χ4n) is 1.62. The lowest BCUT2D eigenvalue weighted by atomic mass is 10.1. The molecule has 2 rings (SSSR count). The Labute approximate surface area is 80.4 Å². The second kappa shape index (κ2) is 4.26. The summed E-state index contributed by atoms with van der Waals surface area (Å²) in [4.78, 5) is 4.29. The van der Waals surface area contributed by atoms with E-state index in [-0.39, 0.29) is 0 Å². The molecule has 0 fully saturated rings. The van der Waals surface area contributed by atoms with Crippen LogP contribution in [0.5, 0.6) is 0 Å². The second-order valence-electron chi connectivity index (χ2n) is 3.06. The van der Waals surface area contributed by atoms with Crippen molar-refractivity contribution in [3.8, 4) is 0 Å². The van der Waals surface area contributed by atoms with Crippen LogP contribution in [0.2, 0.25) is 0 Å². The van der Waals surface area contributed by atoms with Gasteiger partial charge in [0.25, 0.3) is 0 Å². The molecule has 0 saturated carbocycles. The van der Waals surface area contributed by atoms with E-state index in [2.05, 4.69) is 24.1 Å². The number of pyridine rings is 1. The lowest BCUT2D eigenvalue weighted by Gasteiger charge is -2.04. The second-order valence-corrected chi connectivity index (χ2v) is 3.06. The van der Waals surface area contributed by atoms with Gasteiger partial charge in [-0.05, 0) is 31.4 Å². The van der Waals surface area contributed by atoms with Crippen LogP contribution < -0.4 is 5.32 Å². The highest BCUT2D eigenvalue weighted by atomic mass is 14.9. The topological polar surface area (TPSA) is 24.9 Å². The van der Waals surface area contributed by atoms with Gasteiger partial charge in [0.2, 0.25) is 0 Å². The van der Waals surface area contributed by atoms with Crippen molar-refractivity contribution < 1.29 is 0 Å². The standard InChI is InChI=1S/C9H12N2.C2H6/c1-6-5-11-7(2)9-8(6)3-4-10-9;1-2/h5,10H,3-4H2,1-2H3;1-2H3. The first kappa shape index (κ1) is 10.0. The first-order valence-electron chi connectivity index (χ1n) is 4.98. The molecule has 0 amide bonds. The number of rotatable bonds is 0. The Kier molecular flexibility index (Phi) is 3.29. The van der Waals surface area contributed by atoms with Crippen molar-refractivity contribution in [3.63, 3.8) is 0 Å². The SMILES string of the molecule is CC.Cc1cnc(C)c2c1CCN2. The molecule has 2 heteroatoms. The van der Waals surface area contributed by atoms with E-state index in [0.717, 1.165) is 18.7 Å². The molecule has 1 aromatic rings. The first-order valence-corrected chi connectivity index (χ1v) is 4.98. The smallest absolute Gasteiger partial charge is 0.0606 e. The lowest BCUT2D eigenvalue weighted by Crippen LogP contribution is -1.94. The van der Waals surface area contributed by atoms with Gasteiger partial charge < -0.3 is 5.32 Å². The molecule has 0 spiro atoms. The molecule has 2 nitrogen and oxygen atoms in total. The van der Waals surface area contributed by atoms with Gasteiger partial charge in [0.05, 0.1) is 11.4 Å². The van der Waals surface area contributed by atoms with Crippen molar-refractivity contribution in [2.45, 2.75) is 34.1 Å². The molecule has 1 aliphatic heterocycles. The Morgan fingerprint density at radius 1 is 1.31 bits per heavy atom. The van der Waals surface area contributed by atoms with Gasteiger partial charge in [-0.25, -0.2) is 0 Å². The maximum absolute atomic E-state index is 4.29. The van der Waals surface area contributed by atoms with Crippen molar-refractivity contribution >= 4 is 5.69 Å². The van der Waals surface area contributed by atoms with Gasteiger partial charge in [-0.3, -0.25) is 4.98 Å². The van der Waals surface area contributed by atoms with Crippen LogP contribution in [0.1, 0.15) is 30.7 Å². The van der Waals surface area contributed by atoms with E-state index < -0.39 is 0 Å². The quantitative estimate of drug-likeness (QED) is 0.660. The number of nitrogens with zero attached hydrogens (tertiary/aromatic N) is 1. The summed E-state index contributed by atoms with van der Waals surface area (Å²) in [6.07, 6.45) is 3.12. The molecule has 0 radical (unpaired) electrons. The number of nitrogens with one attached hydrogen (secondary N) is 1. The van der Waals surface area contributed by atoms with E-state index in [9.17, 15) is 0 Å². The molecule has 0 aliphatic carbocycles. The third-order valence-corrected chi connectivity index (χ3v) is 2.27. The van der Waals surface area contributed by atoms with Gasteiger partial charge in [0.1, 0.15) is 0 Å². The summed E-state index contributed by atoms with van der Waals surface area (Å²) in [5.74, 6) is 0. The molecule has 1 aromatic heterocycles. The Balaban J connectivity index is 0.000000396. The van der Waals surface area contributed by atoms with E-state index in [0.29, 0.717) is 0 Å². The van der Waals surface area contributed by atoms with Crippen molar-refractivity contribution in [1.29, 1.82) is 0 Å². The Bertz CT molecular complexity index is 263. The van der Waals surface area contributed by atoms with Gasteiger partial charge in [-0.15, -0.1) is 0 Å². The lowest BCUT2D eigenvalue weighted by molar-refractivity contribution is 1.08. The Morgan fingerprint density at radius 2 is 2.00 bits per heavy atom. The largest absolute Gasteiger partial charge is 0.383 e. The molecule has 72 valence electrons. The van der Waals surface area contributed by atoms with Crippen LogP contribution in [0.3, 0.4) is 0 Å². The van der Waals surface area contributed by atoms with E-state index in [4.69, 9.17) is 0 Å². The molecule has 0 aromatic carbocycles. The van der Waals surface area contributed by atoms with Gasteiger partial charge in [-0.1, -0.05) is 13.8 Å². The Morgan fingerprint density at radius 3 is 2.62 bits per heavy atom. The van der Waals surface area contributed by atoms with Gasteiger partial charge in [-0.2, -0.15) is 0 Å². The average Bonchev–Trinajstić information content (AvgIpc) is 2.64. The summed E-state index contributed by atoms with van der Waals surface area (Å²) >= 11 is 0. The number of aryl methyl sites for hydroxylation is 2. The summed E-state index contributed by atoms with van der Waals surface area (Å²) in [7, 11) is 0. The maximum Gasteiger partial charge on any atom is 0.0606 e. The number of hydrogen-bond donors (Lipinski definition) is 1. The molecule has 0 atom stereocenters. The van der Waals surface area contributed by atoms with Gasteiger partial charge in [0.15, 0.2) is 0 Å². The number of aromatic nitrogens is 1. The van der Waals surface area contributed by atoms with Crippen LogP contribution in [-0.4, -0.2) is 11.5 Å². The van der Waals surface area contributed by atoms with E-state index in [1.54, 1.807) is 0 Å². The predicted octanol–water partition coefficient (Wildman–Crippen LogP) is 2.69. The summed E-state index contributed by atoms with van der Waals surface area (Å²) in [5.41, 5.74) is 5.17. The summed E-state index contributed by atoms with van der Waals surface area (Å²) in [6, 6.07) is 0. The number of fused-ring (bicyclic) bond motifs is 1. The van der Waals surface area contributed by atoms with Crippen LogP contribution in [0.25, 0.3) is 0 Å². The predicted molar refractivity (Wildman–Crippen MR) is 57.3 cm³/mol. The van der Waals surface area contributed by atoms with E-state index in [1.807, 2.05) is 20.0 Å². The minimum atomic E-state index is 1.07. The zero-order chi connectivity index (χ0) is 9.84. The fraction of sp³-hybridized carbons (Fsp3) is 0.545. The third-order valence-electron chi connectivity index (χ3n) is 2.27.